The molecule has 0 aromatic carbocycles. The molecule has 1 amide bonds. The Morgan fingerprint density at radius 2 is 2.00 bits per heavy atom. The lowest BCUT2D eigenvalue weighted by atomic mass is 10.2. The number of amides is 1. The molecule has 0 atom stereocenters. The van der Waals surface area contributed by atoms with E-state index in [0.29, 0.717) is 24.7 Å². The van der Waals surface area contributed by atoms with E-state index < -0.39 is 11.7 Å². The second kappa shape index (κ2) is 6.83. The van der Waals surface area contributed by atoms with E-state index in [0.717, 1.165) is 18.8 Å². The van der Waals surface area contributed by atoms with E-state index in [-0.39, 0.29) is 0 Å². The molecule has 2 rings (SSSR count). The van der Waals surface area contributed by atoms with Gasteiger partial charge in [0.2, 0.25) is 0 Å². The molecule has 0 unspecified atom stereocenters. The highest BCUT2D eigenvalue weighted by Gasteiger charge is 2.21. The SMILES string of the molecule is COc1c(NC(=O)OC(C)(C)C)cncc1N1CCOCC1. The fraction of sp³-hybridized carbons (Fsp3) is 0.600. The number of morpholine rings is 1. The number of anilines is 2. The summed E-state index contributed by atoms with van der Waals surface area (Å²) < 4.78 is 16.1. The van der Waals surface area contributed by atoms with Crippen molar-refractivity contribution in [3.8, 4) is 5.75 Å². The van der Waals surface area contributed by atoms with Gasteiger partial charge in [-0.3, -0.25) is 10.3 Å². The van der Waals surface area contributed by atoms with Gasteiger partial charge in [-0.25, -0.2) is 4.79 Å². The number of rotatable bonds is 3. The second-order valence-corrected chi connectivity index (χ2v) is 5.97. The third-order valence-corrected chi connectivity index (χ3v) is 3.07. The quantitative estimate of drug-likeness (QED) is 0.923. The number of hydrogen-bond acceptors (Lipinski definition) is 6. The van der Waals surface area contributed by atoms with Crippen molar-refractivity contribution in [3.05, 3.63) is 12.4 Å². The van der Waals surface area contributed by atoms with E-state index in [2.05, 4.69) is 15.2 Å². The molecule has 7 nitrogen and oxygen atoms in total. The molecule has 1 aliphatic rings. The molecule has 0 aliphatic carbocycles. The van der Waals surface area contributed by atoms with Crippen LogP contribution in [0.3, 0.4) is 0 Å². The van der Waals surface area contributed by atoms with Gasteiger partial charge in [-0.05, 0) is 20.8 Å². The van der Waals surface area contributed by atoms with Crippen molar-refractivity contribution < 1.29 is 19.0 Å². The number of ether oxygens (including phenoxy) is 3. The van der Waals surface area contributed by atoms with E-state index >= 15 is 0 Å². The van der Waals surface area contributed by atoms with Gasteiger partial charge in [0.05, 0.1) is 32.7 Å². The lowest BCUT2D eigenvalue weighted by Gasteiger charge is -2.30. The summed E-state index contributed by atoms with van der Waals surface area (Å²) in [7, 11) is 1.57. The minimum absolute atomic E-state index is 0.487. The van der Waals surface area contributed by atoms with E-state index in [4.69, 9.17) is 14.2 Å². The van der Waals surface area contributed by atoms with Crippen LogP contribution in [0, 0.1) is 0 Å². The zero-order chi connectivity index (χ0) is 16.2. The van der Waals surface area contributed by atoms with Crippen LogP contribution in [-0.4, -0.2) is 50.1 Å². The molecule has 1 aromatic rings. The Balaban J connectivity index is 2.19. The van der Waals surface area contributed by atoms with E-state index in [1.54, 1.807) is 19.5 Å². The second-order valence-electron chi connectivity index (χ2n) is 5.97. The lowest BCUT2D eigenvalue weighted by Crippen LogP contribution is -2.36. The summed E-state index contributed by atoms with van der Waals surface area (Å²) >= 11 is 0. The van der Waals surface area contributed by atoms with Crippen molar-refractivity contribution in [1.29, 1.82) is 0 Å². The molecule has 22 heavy (non-hydrogen) atoms. The van der Waals surface area contributed by atoms with Crippen molar-refractivity contribution >= 4 is 17.5 Å². The summed E-state index contributed by atoms with van der Waals surface area (Å²) in [5, 5.41) is 2.69. The first kappa shape index (κ1) is 16.4. The van der Waals surface area contributed by atoms with Gasteiger partial charge in [0, 0.05) is 13.1 Å². The highest BCUT2D eigenvalue weighted by molar-refractivity contribution is 5.88. The van der Waals surface area contributed by atoms with Crippen LogP contribution in [0.2, 0.25) is 0 Å². The Bertz CT molecular complexity index is 522. The number of carbonyl (C=O) groups excluding carboxylic acids is 1. The van der Waals surface area contributed by atoms with Crippen molar-refractivity contribution in [2.75, 3.05) is 43.6 Å². The molecule has 2 heterocycles. The van der Waals surface area contributed by atoms with Crippen LogP contribution in [0.4, 0.5) is 16.2 Å². The topological polar surface area (TPSA) is 72.9 Å². The summed E-state index contributed by atoms with van der Waals surface area (Å²) in [6.07, 6.45) is 2.74. The van der Waals surface area contributed by atoms with E-state index in [1.807, 2.05) is 20.8 Å². The minimum atomic E-state index is -0.563. The minimum Gasteiger partial charge on any atom is -0.492 e. The molecule has 122 valence electrons. The summed E-state index contributed by atoms with van der Waals surface area (Å²) in [5.74, 6) is 0.572. The molecule has 0 spiro atoms. The third kappa shape index (κ3) is 4.24. The van der Waals surface area contributed by atoms with E-state index in [9.17, 15) is 4.79 Å². The zero-order valence-electron chi connectivity index (χ0n) is 13.5. The van der Waals surface area contributed by atoms with Crippen molar-refractivity contribution in [2.45, 2.75) is 26.4 Å². The Labute approximate surface area is 130 Å². The third-order valence-electron chi connectivity index (χ3n) is 3.07. The number of nitrogens with zero attached hydrogens (tertiary/aromatic N) is 2. The average molecular weight is 309 g/mol. The van der Waals surface area contributed by atoms with E-state index in [1.165, 1.54) is 0 Å². The van der Waals surface area contributed by atoms with Crippen molar-refractivity contribution in [1.82, 2.24) is 4.98 Å². The van der Waals surface area contributed by atoms with Crippen LogP contribution < -0.4 is 15.0 Å². The Morgan fingerprint density at radius 3 is 2.59 bits per heavy atom. The number of methoxy groups -OCH3 is 1. The first-order valence-electron chi connectivity index (χ1n) is 7.25. The van der Waals surface area contributed by atoms with Crippen molar-refractivity contribution in [2.24, 2.45) is 0 Å². The normalized spacial score (nSPS) is 15.4. The number of pyridine rings is 1. The van der Waals surface area contributed by atoms with Crippen LogP contribution in [-0.2, 0) is 9.47 Å². The lowest BCUT2D eigenvalue weighted by molar-refractivity contribution is 0.0635. The molecule has 1 fully saturated rings. The Kier molecular flexibility index (Phi) is 5.07. The Hall–Kier alpha value is -2.02. The molecular weight excluding hydrogens is 286 g/mol. The fourth-order valence-corrected chi connectivity index (χ4v) is 2.18. The summed E-state index contributed by atoms with van der Waals surface area (Å²) in [6.45, 7) is 8.27. The van der Waals surface area contributed by atoms with Gasteiger partial charge in [0.1, 0.15) is 17.0 Å². The number of nitrogens with one attached hydrogen (secondary N) is 1. The highest BCUT2D eigenvalue weighted by Crippen LogP contribution is 2.35. The molecule has 1 N–H and O–H groups in total. The van der Waals surface area contributed by atoms with Gasteiger partial charge in [-0.2, -0.15) is 0 Å². The number of hydrogen-bond donors (Lipinski definition) is 1. The van der Waals surface area contributed by atoms with Crippen LogP contribution in [0.5, 0.6) is 5.75 Å². The summed E-state index contributed by atoms with van der Waals surface area (Å²) in [4.78, 5) is 18.2. The van der Waals surface area contributed by atoms with Crippen LogP contribution in [0.15, 0.2) is 12.4 Å². The Morgan fingerprint density at radius 1 is 1.32 bits per heavy atom. The standard InChI is InChI=1S/C15H23N3O4/c1-15(2,3)22-14(19)17-11-9-16-10-12(13(11)20-4)18-5-7-21-8-6-18/h9-10H,5-8H2,1-4H3,(H,17,19). The molecular formula is C15H23N3O4. The highest BCUT2D eigenvalue weighted by atomic mass is 16.6. The monoisotopic (exact) mass is 309 g/mol. The van der Waals surface area contributed by atoms with Gasteiger partial charge in [-0.1, -0.05) is 0 Å². The maximum atomic E-state index is 11.9. The van der Waals surface area contributed by atoms with Gasteiger partial charge in [0.15, 0.2) is 5.75 Å². The maximum absolute atomic E-state index is 11.9. The molecule has 0 bridgehead atoms. The largest absolute Gasteiger partial charge is 0.492 e. The van der Waals surface area contributed by atoms with Crippen LogP contribution >= 0.6 is 0 Å². The molecule has 7 heteroatoms. The fourth-order valence-electron chi connectivity index (χ4n) is 2.18. The smallest absolute Gasteiger partial charge is 0.412 e. The van der Waals surface area contributed by atoms with Gasteiger partial charge in [-0.15, -0.1) is 0 Å². The van der Waals surface area contributed by atoms with Crippen LogP contribution in [0.25, 0.3) is 0 Å². The molecule has 0 radical (unpaired) electrons. The van der Waals surface area contributed by atoms with Crippen molar-refractivity contribution in [3.63, 3.8) is 0 Å². The average Bonchev–Trinajstić information content (AvgIpc) is 2.46. The first-order valence-corrected chi connectivity index (χ1v) is 7.25. The first-order chi connectivity index (χ1) is 10.4. The van der Waals surface area contributed by atoms with Gasteiger partial charge in [0.25, 0.3) is 0 Å². The maximum Gasteiger partial charge on any atom is 0.412 e. The molecule has 0 saturated carbocycles. The summed E-state index contributed by atoms with van der Waals surface area (Å²) in [5.41, 5.74) is 0.757. The number of aromatic nitrogens is 1. The van der Waals surface area contributed by atoms with Crippen LogP contribution in [0.1, 0.15) is 20.8 Å². The van der Waals surface area contributed by atoms with Gasteiger partial charge >= 0.3 is 6.09 Å². The number of carbonyl (C=O) groups is 1. The molecule has 1 aromatic heterocycles. The van der Waals surface area contributed by atoms with Gasteiger partial charge < -0.3 is 19.1 Å². The molecule has 1 saturated heterocycles. The predicted molar refractivity (Wildman–Crippen MR) is 83.7 cm³/mol. The zero-order valence-corrected chi connectivity index (χ0v) is 13.5. The summed E-state index contributed by atoms with van der Waals surface area (Å²) in [6, 6.07) is 0. The predicted octanol–water partition coefficient (Wildman–Crippen LogP) is 2.27. The molecule has 1 aliphatic heterocycles.